The summed E-state index contributed by atoms with van der Waals surface area (Å²) in [5.41, 5.74) is 0. The molecule has 0 aromatic rings. The molecule has 2 atom stereocenters. The first-order valence-electron chi connectivity index (χ1n) is 4.07. The molecule has 1 N–H and O–H groups in total. The summed E-state index contributed by atoms with van der Waals surface area (Å²) >= 11 is 0. The van der Waals surface area contributed by atoms with Crippen molar-refractivity contribution in [3.8, 4) is 12.3 Å². The molecule has 1 rings (SSSR count). The van der Waals surface area contributed by atoms with Crippen LogP contribution in [0.2, 0.25) is 0 Å². The normalized spacial score (nSPS) is 26.4. The Kier molecular flexibility index (Phi) is 3.41. The number of nitrogens with one attached hydrogen (secondary N) is 1. The standard InChI is InChI=1S/C9H15NO/c1-3-4-9(10-2)8-5-6-11-7-8/h1,8-10H,4-7H2,2H3. The van der Waals surface area contributed by atoms with Gasteiger partial charge in [0.1, 0.15) is 0 Å². The number of hydrogen-bond acceptors (Lipinski definition) is 2. The summed E-state index contributed by atoms with van der Waals surface area (Å²) in [7, 11) is 1.96. The van der Waals surface area contributed by atoms with Crippen LogP contribution in [0.25, 0.3) is 0 Å². The molecule has 2 unspecified atom stereocenters. The van der Waals surface area contributed by atoms with Crippen molar-refractivity contribution in [2.75, 3.05) is 20.3 Å². The van der Waals surface area contributed by atoms with E-state index >= 15 is 0 Å². The molecular weight excluding hydrogens is 138 g/mol. The first-order chi connectivity index (χ1) is 5.38. The zero-order chi connectivity index (χ0) is 8.10. The van der Waals surface area contributed by atoms with E-state index in [0.717, 1.165) is 26.1 Å². The highest BCUT2D eigenvalue weighted by Gasteiger charge is 2.23. The van der Waals surface area contributed by atoms with E-state index in [9.17, 15) is 0 Å². The fraction of sp³-hybridized carbons (Fsp3) is 0.778. The lowest BCUT2D eigenvalue weighted by Crippen LogP contribution is -2.33. The van der Waals surface area contributed by atoms with Crippen LogP contribution in [0.5, 0.6) is 0 Å². The highest BCUT2D eigenvalue weighted by atomic mass is 16.5. The first kappa shape index (κ1) is 8.58. The fourth-order valence-corrected chi connectivity index (χ4v) is 1.50. The zero-order valence-electron chi connectivity index (χ0n) is 6.97. The third-order valence-electron chi connectivity index (χ3n) is 2.24. The molecule has 0 bridgehead atoms. The lowest BCUT2D eigenvalue weighted by Gasteiger charge is -2.18. The Morgan fingerprint density at radius 3 is 3.09 bits per heavy atom. The monoisotopic (exact) mass is 153 g/mol. The van der Waals surface area contributed by atoms with E-state index in [1.54, 1.807) is 0 Å². The summed E-state index contributed by atoms with van der Waals surface area (Å²) in [5, 5.41) is 3.22. The van der Waals surface area contributed by atoms with Gasteiger partial charge in [0.2, 0.25) is 0 Å². The minimum absolute atomic E-state index is 0.447. The second-order valence-corrected chi connectivity index (χ2v) is 2.93. The summed E-state index contributed by atoms with van der Waals surface area (Å²) < 4.78 is 5.28. The van der Waals surface area contributed by atoms with Gasteiger partial charge in [-0.05, 0) is 13.5 Å². The van der Waals surface area contributed by atoms with Crippen LogP contribution in [-0.4, -0.2) is 26.3 Å². The average molecular weight is 153 g/mol. The summed E-state index contributed by atoms with van der Waals surface area (Å²) in [6.45, 7) is 1.76. The van der Waals surface area contributed by atoms with E-state index in [1.165, 1.54) is 0 Å². The van der Waals surface area contributed by atoms with Crippen molar-refractivity contribution in [3.05, 3.63) is 0 Å². The lowest BCUT2D eigenvalue weighted by atomic mass is 9.97. The highest BCUT2D eigenvalue weighted by molar-refractivity contribution is 4.92. The average Bonchev–Trinajstić information content (AvgIpc) is 2.52. The van der Waals surface area contributed by atoms with Crippen molar-refractivity contribution in [1.29, 1.82) is 0 Å². The van der Waals surface area contributed by atoms with Crippen LogP contribution in [0, 0.1) is 18.3 Å². The second-order valence-electron chi connectivity index (χ2n) is 2.93. The minimum atomic E-state index is 0.447. The molecule has 0 saturated carbocycles. The van der Waals surface area contributed by atoms with Gasteiger partial charge in [0, 0.05) is 25.0 Å². The maximum atomic E-state index is 5.28. The molecule has 0 aliphatic carbocycles. The summed E-state index contributed by atoms with van der Waals surface area (Å²) in [6.07, 6.45) is 7.20. The quantitative estimate of drug-likeness (QED) is 0.601. The first-order valence-corrected chi connectivity index (χ1v) is 4.07. The molecule has 0 aromatic heterocycles. The molecule has 62 valence electrons. The van der Waals surface area contributed by atoms with Crippen LogP contribution in [0.4, 0.5) is 0 Å². The third kappa shape index (κ3) is 2.21. The van der Waals surface area contributed by atoms with E-state index in [-0.39, 0.29) is 0 Å². The molecule has 1 saturated heterocycles. The van der Waals surface area contributed by atoms with Crippen molar-refractivity contribution >= 4 is 0 Å². The molecule has 0 spiro atoms. The number of hydrogen-bond donors (Lipinski definition) is 1. The molecule has 2 heteroatoms. The van der Waals surface area contributed by atoms with Crippen LogP contribution < -0.4 is 5.32 Å². The van der Waals surface area contributed by atoms with Gasteiger partial charge in [0.15, 0.2) is 0 Å². The number of terminal acetylenes is 1. The van der Waals surface area contributed by atoms with Gasteiger partial charge < -0.3 is 10.1 Å². The molecule has 0 aromatic carbocycles. The van der Waals surface area contributed by atoms with Crippen molar-refractivity contribution in [3.63, 3.8) is 0 Å². The van der Waals surface area contributed by atoms with Gasteiger partial charge in [0.25, 0.3) is 0 Å². The summed E-state index contributed by atoms with van der Waals surface area (Å²) in [4.78, 5) is 0. The Morgan fingerprint density at radius 1 is 1.82 bits per heavy atom. The maximum Gasteiger partial charge on any atom is 0.0510 e. The number of ether oxygens (including phenoxy) is 1. The minimum Gasteiger partial charge on any atom is -0.381 e. The predicted octanol–water partition coefficient (Wildman–Crippen LogP) is 0.634. The van der Waals surface area contributed by atoms with Gasteiger partial charge >= 0.3 is 0 Å². The lowest BCUT2D eigenvalue weighted by molar-refractivity contribution is 0.178. The fourth-order valence-electron chi connectivity index (χ4n) is 1.50. The largest absolute Gasteiger partial charge is 0.381 e. The van der Waals surface area contributed by atoms with Gasteiger partial charge in [-0.2, -0.15) is 0 Å². The molecule has 0 amide bonds. The van der Waals surface area contributed by atoms with Crippen LogP contribution >= 0.6 is 0 Å². The molecular formula is C9H15NO. The van der Waals surface area contributed by atoms with E-state index in [2.05, 4.69) is 11.2 Å². The van der Waals surface area contributed by atoms with E-state index < -0.39 is 0 Å². The third-order valence-corrected chi connectivity index (χ3v) is 2.24. The molecule has 1 aliphatic heterocycles. The van der Waals surface area contributed by atoms with Crippen LogP contribution in [-0.2, 0) is 4.74 Å². The Balaban J connectivity index is 2.34. The number of rotatable bonds is 3. The van der Waals surface area contributed by atoms with Crippen molar-refractivity contribution < 1.29 is 4.74 Å². The second kappa shape index (κ2) is 4.38. The Hall–Kier alpha value is -0.520. The smallest absolute Gasteiger partial charge is 0.0510 e. The van der Waals surface area contributed by atoms with Gasteiger partial charge in [-0.1, -0.05) is 0 Å². The van der Waals surface area contributed by atoms with E-state index in [1.807, 2.05) is 7.05 Å². The van der Waals surface area contributed by atoms with Crippen molar-refractivity contribution in [2.24, 2.45) is 5.92 Å². The predicted molar refractivity (Wildman–Crippen MR) is 45.2 cm³/mol. The topological polar surface area (TPSA) is 21.3 Å². The van der Waals surface area contributed by atoms with E-state index in [4.69, 9.17) is 11.2 Å². The van der Waals surface area contributed by atoms with Crippen molar-refractivity contribution in [1.82, 2.24) is 5.32 Å². The summed E-state index contributed by atoms with van der Waals surface area (Å²) in [5.74, 6) is 3.30. The summed E-state index contributed by atoms with van der Waals surface area (Å²) in [6, 6.07) is 0.447. The van der Waals surface area contributed by atoms with Gasteiger partial charge in [-0.15, -0.1) is 12.3 Å². The maximum absolute atomic E-state index is 5.28. The zero-order valence-corrected chi connectivity index (χ0v) is 6.97. The molecule has 1 fully saturated rings. The molecule has 1 aliphatic rings. The van der Waals surface area contributed by atoms with Crippen LogP contribution in [0.15, 0.2) is 0 Å². The Bertz CT molecular complexity index is 144. The van der Waals surface area contributed by atoms with Gasteiger partial charge in [0.05, 0.1) is 6.61 Å². The molecule has 11 heavy (non-hydrogen) atoms. The van der Waals surface area contributed by atoms with Gasteiger partial charge in [-0.25, -0.2) is 0 Å². The molecule has 2 nitrogen and oxygen atoms in total. The SMILES string of the molecule is C#CCC(NC)C1CCOC1. The Labute approximate surface area is 68.3 Å². The van der Waals surface area contributed by atoms with Gasteiger partial charge in [-0.3, -0.25) is 0 Å². The molecule has 1 heterocycles. The van der Waals surface area contributed by atoms with Crippen molar-refractivity contribution in [2.45, 2.75) is 18.9 Å². The molecule has 0 radical (unpaired) electrons. The Morgan fingerprint density at radius 2 is 2.64 bits per heavy atom. The van der Waals surface area contributed by atoms with Crippen LogP contribution in [0.1, 0.15) is 12.8 Å². The highest BCUT2D eigenvalue weighted by Crippen LogP contribution is 2.17. The van der Waals surface area contributed by atoms with E-state index in [0.29, 0.717) is 12.0 Å². The van der Waals surface area contributed by atoms with Crippen LogP contribution in [0.3, 0.4) is 0 Å².